The monoisotopic (exact) mass is 155 g/mol. The first kappa shape index (κ1) is 10.1. The van der Waals surface area contributed by atoms with Gasteiger partial charge in [0.15, 0.2) is 0 Å². The third kappa shape index (κ3) is 2.30. The molecule has 1 aromatic rings. The van der Waals surface area contributed by atoms with E-state index in [9.17, 15) is 4.39 Å². The Kier molecular flexibility index (Phi) is 3.72. The minimum atomic E-state index is -0.211. The van der Waals surface area contributed by atoms with Gasteiger partial charge in [-0.1, -0.05) is 21.3 Å². The molecule has 0 aliphatic carbocycles. The highest BCUT2D eigenvalue weighted by Gasteiger charge is 2.04. The quantitative estimate of drug-likeness (QED) is 0.607. The van der Waals surface area contributed by atoms with Gasteiger partial charge >= 0.3 is 0 Å². The van der Waals surface area contributed by atoms with Crippen molar-refractivity contribution in [2.24, 2.45) is 0 Å². The van der Waals surface area contributed by atoms with Crippen molar-refractivity contribution < 1.29 is 4.39 Å². The minimum Gasteiger partial charge on any atom is -0.258 e. The van der Waals surface area contributed by atoms with Gasteiger partial charge in [-0.25, -0.2) is 4.39 Å². The van der Waals surface area contributed by atoms with Crippen LogP contribution in [-0.2, 0) is 0 Å². The number of hydrogen-bond acceptors (Lipinski definition) is 1. The van der Waals surface area contributed by atoms with Crippen molar-refractivity contribution >= 4 is 0 Å². The van der Waals surface area contributed by atoms with Gasteiger partial charge in [0.2, 0.25) is 0 Å². The van der Waals surface area contributed by atoms with Gasteiger partial charge in [0, 0.05) is 6.20 Å². The molecule has 1 aromatic heterocycles. The molecule has 0 spiro atoms. The van der Waals surface area contributed by atoms with E-state index in [0.717, 1.165) is 0 Å². The van der Waals surface area contributed by atoms with Crippen molar-refractivity contribution in [3.8, 4) is 0 Å². The molecule has 0 radical (unpaired) electrons. The third-order valence-electron chi connectivity index (χ3n) is 1.33. The van der Waals surface area contributed by atoms with Crippen LogP contribution in [-0.4, -0.2) is 4.98 Å². The highest BCUT2D eigenvalue weighted by Crippen LogP contribution is 2.13. The highest BCUT2D eigenvalue weighted by molar-refractivity contribution is 5.10. The standard InChI is InChI=1S/C8H10FN.CH4/c1-6(2)8-7(9)4-3-5-10-8;/h3-6H,1-2H3;1H4. The Morgan fingerprint density at radius 3 is 2.45 bits per heavy atom. The lowest BCUT2D eigenvalue weighted by Crippen LogP contribution is -1.95. The van der Waals surface area contributed by atoms with Crippen molar-refractivity contribution in [1.29, 1.82) is 0 Å². The zero-order valence-corrected chi connectivity index (χ0v) is 6.13. The molecule has 0 unspecified atom stereocenters. The summed E-state index contributed by atoms with van der Waals surface area (Å²) in [5, 5.41) is 0. The first-order chi connectivity index (χ1) is 4.72. The summed E-state index contributed by atoms with van der Waals surface area (Å²) in [5.74, 6) is -0.0429. The largest absolute Gasteiger partial charge is 0.258 e. The fraction of sp³-hybridized carbons (Fsp3) is 0.444. The van der Waals surface area contributed by atoms with E-state index in [2.05, 4.69) is 4.98 Å². The summed E-state index contributed by atoms with van der Waals surface area (Å²) in [7, 11) is 0. The maximum atomic E-state index is 12.8. The first-order valence-electron chi connectivity index (χ1n) is 3.32. The summed E-state index contributed by atoms with van der Waals surface area (Å²) in [4.78, 5) is 3.90. The fourth-order valence-electron chi connectivity index (χ4n) is 0.823. The number of hydrogen-bond donors (Lipinski definition) is 0. The third-order valence-corrected chi connectivity index (χ3v) is 1.33. The molecule has 11 heavy (non-hydrogen) atoms. The van der Waals surface area contributed by atoms with Crippen LogP contribution < -0.4 is 0 Å². The molecule has 0 saturated carbocycles. The maximum Gasteiger partial charge on any atom is 0.144 e. The Morgan fingerprint density at radius 2 is 2.09 bits per heavy atom. The molecule has 1 rings (SSSR count). The summed E-state index contributed by atoms with van der Waals surface area (Å²) in [5.41, 5.74) is 0.544. The van der Waals surface area contributed by atoms with Crippen LogP contribution >= 0.6 is 0 Å². The van der Waals surface area contributed by atoms with Crippen LogP contribution in [0.5, 0.6) is 0 Å². The summed E-state index contributed by atoms with van der Waals surface area (Å²) in [6.07, 6.45) is 1.61. The predicted octanol–water partition coefficient (Wildman–Crippen LogP) is 2.98. The van der Waals surface area contributed by atoms with Gasteiger partial charge in [0.05, 0.1) is 5.69 Å². The molecule has 0 saturated heterocycles. The Morgan fingerprint density at radius 1 is 1.45 bits per heavy atom. The molecule has 2 heteroatoms. The summed E-state index contributed by atoms with van der Waals surface area (Å²) >= 11 is 0. The van der Waals surface area contributed by atoms with Gasteiger partial charge in [-0.05, 0) is 18.1 Å². The Labute approximate surface area is 67.3 Å². The minimum absolute atomic E-state index is 0. The van der Waals surface area contributed by atoms with E-state index in [1.165, 1.54) is 6.07 Å². The first-order valence-corrected chi connectivity index (χ1v) is 3.32. The topological polar surface area (TPSA) is 12.9 Å². The number of aromatic nitrogens is 1. The second kappa shape index (κ2) is 4.06. The van der Waals surface area contributed by atoms with Gasteiger partial charge < -0.3 is 0 Å². The van der Waals surface area contributed by atoms with E-state index < -0.39 is 0 Å². The lowest BCUT2D eigenvalue weighted by Gasteiger charge is -2.02. The molecule has 0 aliphatic rings. The van der Waals surface area contributed by atoms with Crippen LogP contribution in [0.3, 0.4) is 0 Å². The van der Waals surface area contributed by atoms with Crippen molar-refractivity contribution in [3.05, 3.63) is 29.8 Å². The van der Waals surface area contributed by atoms with E-state index in [0.29, 0.717) is 5.69 Å². The van der Waals surface area contributed by atoms with E-state index in [1.807, 2.05) is 13.8 Å². The molecule has 1 heterocycles. The van der Waals surface area contributed by atoms with Crippen LogP contribution in [0.2, 0.25) is 0 Å². The molecule has 0 N–H and O–H groups in total. The predicted molar refractivity (Wildman–Crippen MR) is 45.0 cm³/mol. The number of nitrogens with zero attached hydrogens (tertiary/aromatic N) is 1. The van der Waals surface area contributed by atoms with Crippen LogP contribution in [0.15, 0.2) is 18.3 Å². The van der Waals surface area contributed by atoms with Crippen molar-refractivity contribution in [1.82, 2.24) is 4.98 Å². The zero-order valence-electron chi connectivity index (χ0n) is 6.13. The summed E-state index contributed by atoms with van der Waals surface area (Å²) in [6, 6.07) is 3.03. The molecular formula is C9H14FN. The van der Waals surface area contributed by atoms with Crippen LogP contribution in [0, 0.1) is 5.82 Å². The average Bonchev–Trinajstić information content (AvgIpc) is 1.88. The Balaban J connectivity index is 0.000001000. The molecule has 1 nitrogen and oxygen atoms in total. The van der Waals surface area contributed by atoms with Gasteiger partial charge in [-0.2, -0.15) is 0 Å². The summed E-state index contributed by atoms with van der Waals surface area (Å²) < 4.78 is 12.8. The van der Waals surface area contributed by atoms with Crippen LogP contribution in [0.25, 0.3) is 0 Å². The SMILES string of the molecule is C.CC(C)c1ncccc1F. The second-order valence-corrected chi connectivity index (χ2v) is 2.53. The van der Waals surface area contributed by atoms with E-state index in [-0.39, 0.29) is 19.2 Å². The van der Waals surface area contributed by atoms with Crippen molar-refractivity contribution in [2.45, 2.75) is 27.2 Å². The molecule has 0 atom stereocenters. The molecule has 0 aliphatic heterocycles. The molecule has 0 bridgehead atoms. The van der Waals surface area contributed by atoms with Gasteiger partial charge in [0.25, 0.3) is 0 Å². The molecule has 0 aromatic carbocycles. The molecule has 0 fully saturated rings. The van der Waals surface area contributed by atoms with E-state index in [1.54, 1.807) is 12.3 Å². The molecule has 62 valence electrons. The van der Waals surface area contributed by atoms with E-state index >= 15 is 0 Å². The Bertz CT molecular complexity index is 221. The Hall–Kier alpha value is -0.920. The normalized spacial score (nSPS) is 9.45. The molecular weight excluding hydrogens is 141 g/mol. The van der Waals surface area contributed by atoms with Gasteiger partial charge in [0.1, 0.15) is 5.82 Å². The fourth-order valence-corrected chi connectivity index (χ4v) is 0.823. The van der Waals surface area contributed by atoms with Crippen LogP contribution in [0.4, 0.5) is 4.39 Å². The zero-order chi connectivity index (χ0) is 7.56. The second-order valence-electron chi connectivity index (χ2n) is 2.53. The highest BCUT2D eigenvalue weighted by atomic mass is 19.1. The van der Waals surface area contributed by atoms with Crippen molar-refractivity contribution in [2.75, 3.05) is 0 Å². The smallest absolute Gasteiger partial charge is 0.144 e. The van der Waals surface area contributed by atoms with Crippen molar-refractivity contribution in [3.63, 3.8) is 0 Å². The van der Waals surface area contributed by atoms with E-state index in [4.69, 9.17) is 0 Å². The number of rotatable bonds is 1. The van der Waals surface area contributed by atoms with Crippen LogP contribution in [0.1, 0.15) is 32.9 Å². The lowest BCUT2D eigenvalue weighted by molar-refractivity contribution is 0.584. The number of halogens is 1. The molecule has 0 amide bonds. The average molecular weight is 155 g/mol. The number of pyridine rings is 1. The van der Waals surface area contributed by atoms with Gasteiger partial charge in [-0.15, -0.1) is 0 Å². The lowest BCUT2D eigenvalue weighted by atomic mass is 10.1. The summed E-state index contributed by atoms with van der Waals surface area (Å²) in [6.45, 7) is 3.84. The van der Waals surface area contributed by atoms with Gasteiger partial charge in [-0.3, -0.25) is 4.98 Å². The maximum absolute atomic E-state index is 12.8.